The first-order valence-corrected chi connectivity index (χ1v) is 5.04. The number of hydrogen-bond donors (Lipinski definition) is 0. The minimum absolute atomic E-state index is 0.0630. The van der Waals surface area contributed by atoms with Gasteiger partial charge in [-0.1, -0.05) is 30.3 Å². The average molecular weight is 215 g/mol. The Kier molecular flexibility index (Phi) is 4.28. The first-order valence-electron chi connectivity index (χ1n) is 5.04. The predicted octanol–water partition coefficient (Wildman–Crippen LogP) is 2.55. The van der Waals surface area contributed by atoms with Crippen LogP contribution in [0.25, 0.3) is 5.57 Å². The Morgan fingerprint density at radius 2 is 2.00 bits per heavy atom. The van der Waals surface area contributed by atoms with Crippen molar-refractivity contribution >= 4 is 11.5 Å². The van der Waals surface area contributed by atoms with Crippen molar-refractivity contribution in [1.29, 1.82) is 5.26 Å². The van der Waals surface area contributed by atoms with E-state index in [9.17, 15) is 4.79 Å². The summed E-state index contributed by atoms with van der Waals surface area (Å²) in [6, 6.07) is 11.2. The number of nitriles is 1. The van der Waals surface area contributed by atoms with E-state index < -0.39 is 5.97 Å². The third-order valence-electron chi connectivity index (χ3n) is 2.17. The highest BCUT2D eigenvalue weighted by atomic mass is 16.5. The molecule has 1 aromatic carbocycles. The zero-order valence-corrected chi connectivity index (χ0v) is 9.36. The normalized spacial score (nSPS) is 11.3. The Labute approximate surface area is 95.0 Å². The SMILES string of the molecule is CCOC(=O)/C(C#N)=C(/C)c1ccccc1. The van der Waals surface area contributed by atoms with Crippen LogP contribution in [0.5, 0.6) is 0 Å². The number of benzene rings is 1. The molecule has 0 atom stereocenters. The van der Waals surface area contributed by atoms with Crippen molar-refractivity contribution in [2.45, 2.75) is 13.8 Å². The molecule has 0 aliphatic heterocycles. The molecule has 0 radical (unpaired) electrons. The third kappa shape index (κ3) is 2.71. The lowest BCUT2D eigenvalue weighted by atomic mass is 10.0. The van der Waals surface area contributed by atoms with Crippen LogP contribution in [0.4, 0.5) is 0 Å². The van der Waals surface area contributed by atoms with Gasteiger partial charge in [-0.2, -0.15) is 5.26 Å². The number of carbonyl (C=O) groups excluding carboxylic acids is 1. The van der Waals surface area contributed by atoms with E-state index in [2.05, 4.69) is 0 Å². The summed E-state index contributed by atoms with van der Waals surface area (Å²) in [7, 11) is 0. The second-order valence-electron chi connectivity index (χ2n) is 3.20. The quantitative estimate of drug-likeness (QED) is 0.442. The molecular formula is C13H13NO2. The lowest BCUT2D eigenvalue weighted by Crippen LogP contribution is -2.07. The highest BCUT2D eigenvalue weighted by Gasteiger charge is 2.14. The maximum absolute atomic E-state index is 11.5. The van der Waals surface area contributed by atoms with Gasteiger partial charge >= 0.3 is 5.97 Å². The van der Waals surface area contributed by atoms with Gasteiger partial charge in [-0.3, -0.25) is 0 Å². The Morgan fingerprint density at radius 1 is 1.38 bits per heavy atom. The third-order valence-corrected chi connectivity index (χ3v) is 2.17. The molecule has 0 heterocycles. The van der Waals surface area contributed by atoms with Gasteiger partial charge in [0.25, 0.3) is 0 Å². The predicted molar refractivity (Wildman–Crippen MR) is 61.3 cm³/mol. The van der Waals surface area contributed by atoms with Crippen molar-refractivity contribution in [2.24, 2.45) is 0 Å². The fraction of sp³-hybridized carbons (Fsp3) is 0.231. The molecule has 0 aromatic heterocycles. The van der Waals surface area contributed by atoms with Crippen LogP contribution in [-0.2, 0) is 9.53 Å². The molecule has 0 fully saturated rings. The molecule has 16 heavy (non-hydrogen) atoms. The monoisotopic (exact) mass is 215 g/mol. The first kappa shape index (κ1) is 12.0. The van der Waals surface area contributed by atoms with Crippen LogP contribution in [0.15, 0.2) is 35.9 Å². The van der Waals surface area contributed by atoms with E-state index in [1.165, 1.54) is 0 Å². The molecule has 1 rings (SSSR count). The lowest BCUT2D eigenvalue weighted by Gasteiger charge is -2.05. The topological polar surface area (TPSA) is 50.1 Å². The van der Waals surface area contributed by atoms with Crippen LogP contribution in [0.2, 0.25) is 0 Å². The Bertz CT molecular complexity index is 441. The van der Waals surface area contributed by atoms with Crippen molar-refractivity contribution in [3.63, 3.8) is 0 Å². The van der Waals surface area contributed by atoms with E-state index in [1.807, 2.05) is 36.4 Å². The van der Waals surface area contributed by atoms with Crippen LogP contribution >= 0.6 is 0 Å². The molecule has 0 bridgehead atoms. The minimum atomic E-state index is -0.564. The number of hydrogen-bond acceptors (Lipinski definition) is 3. The first-order chi connectivity index (χ1) is 7.70. The van der Waals surface area contributed by atoms with Crippen LogP contribution in [-0.4, -0.2) is 12.6 Å². The molecule has 0 saturated carbocycles. The average Bonchev–Trinajstić information content (AvgIpc) is 2.31. The van der Waals surface area contributed by atoms with Gasteiger partial charge in [0.15, 0.2) is 0 Å². The number of carbonyl (C=O) groups is 1. The van der Waals surface area contributed by atoms with Crippen LogP contribution < -0.4 is 0 Å². The Hall–Kier alpha value is -2.08. The van der Waals surface area contributed by atoms with Gasteiger partial charge in [-0.15, -0.1) is 0 Å². The molecule has 82 valence electrons. The van der Waals surface area contributed by atoms with Crippen molar-refractivity contribution < 1.29 is 9.53 Å². The van der Waals surface area contributed by atoms with Crippen molar-refractivity contribution in [3.8, 4) is 6.07 Å². The molecule has 0 aliphatic carbocycles. The zero-order valence-electron chi connectivity index (χ0n) is 9.36. The molecule has 3 nitrogen and oxygen atoms in total. The molecule has 0 aliphatic rings. The maximum atomic E-state index is 11.5. The summed E-state index contributed by atoms with van der Waals surface area (Å²) in [4.78, 5) is 11.5. The molecule has 0 unspecified atom stereocenters. The van der Waals surface area contributed by atoms with Gasteiger partial charge in [0.05, 0.1) is 6.61 Å². The minimum Gasteiger partial charge on any atom is -0.462 e. The highest BCUT2D eigenvalue weighted by molar-refractivity contribution is 6.01. The van der Waals surface area contributed by atoms with Crippen LogP contribution in [0.3, 0.4) is 0 Å². The van der Waals surface area contributed by atoms with Gasteiger partial charge in [0.2, 0.25) is 0 Å². The van der Waals surface area contributed by atoms with E-state index in [0.717, 1.165) is 5.56 Å². The fourth-order valence-corrected chi connectivity index (χ4v) is 1.32. The van der Waals surface area contributed by atoms with E-state index in [1.54, 1.807) is 13.8 Å². The molecule has 0 saturated heterocycles. The summed E-state index contributed by atoms with van der Waals surface area (Å²) >= 11 is 0. The summed E-state index contributed by atoms with van der Waals surface area (Å²) in [5.74, 6) is -0.564. The maximum Gasteiger partial charge on any atom is 0.349 e. The summed E-state index contributed by atoms with van der Waals surface area (Å²) in [5, 5.41) is 8.95. The largest absolute Gasteiger partial charge is 0.462 e. The summed E-state index contributed by atoms with van der Waals surface area (Å²) in [5.41, 5.74) is 1.56. The van der Waals surface area contributed by atoms with Crippen molar-refractivity contribution in [3.05, 3.63) is 41.5 Å². The van der Waals surface area contributed by atoms with Crippen molar-refractivity contribution in [2.75, 3.05) is 6.61 Å². The second kappa shape index (κ2) is 5.72. The smallest absolute Gasteiger partial charge is 0.349 e. The second-order valence-corrected chi connectivity index (χ2v) is 3.20. The number of ether oxygens (including phenoxy) is 1. The summed E-state index contributed by atoms with van der Waals surface area (Å²) < 4.78 is 4.82. The number of nitrogens with zero attached hydrogens (tertiary/aromatic N) is 1. The molecule has 0 N–H and O–H groups in total. The van der Waals surface area contributed by atoms with E-state index in [4.69, 9.17) is 10.00 Å². The fourth-order valence-electron chi connectivity index (χ4n) is 1.32. The zero-order chi connectivity index (χ0) is 12.0. The van der Waals surface area contributed by atoms with Gasteiger partial charge < -0.3 is 4.74 Å². The van der Waals surface area contributed by atoms with E-state index in [-0.39, 0.29) is 12.2 Å². The molecular weight excluding hydrogens is 202 g/mol. The van der Waals surface area contributed by atoms with Gasteiger partial charge in [0.1, 0.15) is 11.6 Å². The summed E-state index contributed by atoms with van der Waals surface area (Å²) in [6.07, 6.45) is 0. The molecule has 0 spiro atoms. The highest BCUT2D eigenvalue weighted by Crippen LogP contribution is 2.18. The molecule has 0 amide bonds. The molecule has 1 aromatic rings. The number of rotatable bonds is 3. The van der Waals surface area contributed by atoms with E-state index in [0.29, 0.717) is 5.57 Å². The number of esters is 1. The number of allylic oxidation sites excluding steroid dienone is 1. The van der Waals surface area contributed by atoms with Crippen LogP contribution in [0, 0.1) is 11.3 Å². The van der Waals surface area contributed by atoms with Gasteiger partial charge in [0, 0.05) is 0 Å². The van der Waals surface area contributed by atoms with Gasteiger partial charge in [-0.25, -0.2) is 4.79 Å². The Morgan fingerprint density at radius 3 is 2.50 bits per heavy atom. The van der Waals surface area contributed by atoms with Crippen molar-refractivity contribution in [1.82, 2.24) is 0 Å². The van der Waals surface area contributed by atoms with Crippen LogP contribution in [0.1, 0.15) is 19.4 Å². The standard InChI is InChI=1S/C13H13NO2/c1-3-16-13(15)12(9-14)10(2)11-7-5-4-6-8-11/h4-8H,3H2,1-2H3/b12-10-. The molecule has 3 heteroatoms. The summed E-state index contributed by atoms with van der Waals surface area (Å²) in [6.45, 7) is 3.72. The van der Waals surface area contributed by atoms with Gasteiger partial charge in [-0.05, 0) is 25.0 Å². The lowest BCUT2D eigenvalue weighted by molar-refractivity contribution is -0.137. The van der Waals surface area contributed by atoms with E-state index >= 15 is 0 Å². The Balaban J connectivity index is 3.11.